The number of rotatable bonds is 6. The molecule has 5 nitrogen and oxygen atoms in total. The third-order valence-corrected chi connectivity index (χ3v) is 4.86. The van der Waals surface area contributed by atoms with Gasteiger partial charge in [-0.2, -0.15) is 0 Å². The topological polar surface area (TPSA) is 58.6 Å². The standard InChI is InChI=1S/C25H22N2O3/c1-18-7-9-20(10-8-18)16-27-24(28)23(26-25(27)29)15-19-11-13-22(14-12-19)30-17-21-5-3-2-4-6-21/h2-15H,16-17H2,1H3,(H,26,29)/b23-15+. The predicted molar refractivity (Wildman–Crippen MR) is 115 cm³/mol. The minimum absolute atomic E-state index is 0.245. The van der Waals surface area contributed by atoms with Gasteiger partial charge in [0.2, 0.25) is 0 Å². The van der Waals surface area contributed by atoms with Gasteiger partial charge in [0, 0.05) is 0 Å². The van der Waals surface area contributed by atoms with E-state index in [1.54, 1.807) is 6.08 Å². The second-order valence-electron chi connectivity index (χ2n) is 7.21. The van der Waals surface area contributed by atoms with E-state index >= 15 is 0 Å². The van der Waals surface area contributed by atoms with E-state index in [9.17, 15) is 9.59 Å². The minimum Gasteiger partial charge on any atom is -0.489 e. The van der Waals surface area contributed by atoms with Gasteiger partial charge in [-0.1, -0.05) is 72.3 Å². The summed E-state index contributed by atoms with van der Waals surface area (Å²) in [6.45, 7) is 2.73. The van der Waals surface area contributed by atoms with Gasteiger partial charge in [-0.15, -0.1) is 0 Å². The molecular weight excluding hydrogens is 376 g/mol. The fraction of sp³-hybridized carbons (Fsp3) is 0.120. The van der Waals surface area contributed by atoms with Crippen molar-refractivity contribution in [2.45, 2.75) is 20.1 Å². The highest BCUT2D eigenvalue weighted by molar-refractivity contribution is 6.13. The van der Waals surface area contributed by atoms with Crippen molar-refractivity contribution in [3.63, 3.8) is 0 Å². The summed E-state index contributed by atoms with van der Waals surface area (Å²) in [4.78, 5) is 26.1. The fourth-order valence-electron chi connectivity index (χ4n) is 3.16. The molecular formula is C25H22N2O3. The van der Waals surface area contributed by atoms with Crippen molar-refractivity contribution in [2.75, 3.05) is 0 Å². The van der Waals surface area contributed by atoms with Crippen LogP contribution in [-0.4, -0.2) is 16.8 Å². The van der Waals surface area contributed by atoms with Gasteiger partial charge in [-0.25, -0.2) is 4.79 Å². The molecule has 3 aromatic carbocycles. The molecule has 1 fully saturated rings. The average molecular weight is 398 g/mol. The van der Waals surface area contributed by atoms with E-state index in [4.69, 9.17) is 4.74 Å². The Hall–Kier alpha value is -3.86. The summed E-state index contributed by atoms with van der Waals surface area (Å²) in [5, 5.41) is 2.66. The second kappa shape index (κ2) is 8.66. The first-order valence-corrected chi connectivity index (χ1v) is 9.75. The van der Waals surface area contributed by atoms with Crippen LogP contribution in [0.25, 0.3) is 6.08 Å². The molecule has 1 saturated heterocycles. The number of carbonyl (C=O) groups is 2. The van der Waals surface area contributed by atoms with Gasteiger partial charge in [0.1, 0.15) is 18.1 Å². The number of hydrogen-bond acceptors (Lipinski definition) is 3. The normalized spacial score (nSPS) is 14.8. The summed E-state index contributed by atoms with van der Waals surface area (Å²) >= 11 is 0. The third kappa shape index (κ3) is 4.58. The van der Waals surface area contributed by atoms with E-state index in [0.717, 1.165) is 28.0 Å². The zero-order valence-corrected chi connectivity index (χ0v) is 16.7. The van der Waals surface area contributed by atoms with Crippen LogP contribution in [0.3, 0.4) is 0 Å². The van der Waals surface area contributed by atoms with Gasteiger partial charge in [-0.3, -0.25) is 9.69 Å². The Kier molecular flexibility index (Phi) is 5.61. The van der Waals surface area contributed by atoms with E-state index in [1.165, 1.54) is 4.90 Å². The first-order chi connectivity index (χ1) is 14.6. The summed E-state index contributed by atoms with van der Waals surface area (Å²) in [5.41, 5.74) is 4.21. The Morgan fingerprint density at radius 3 is 2.27 bits per heavy atom. The van der Waals surface area contributed by atoms with Gasteiger partial charge in [0.25, 0.3) is 5.91 Å². The molecule has 0 radical (unpaired) electrons. The molecule has 0 bridgehead atoms. The number of nitrogens with one attached hydrogen (secondary N) is 1. The highest BCUT2D eigenvalue weighted by Gasteiger charge is 2.33. The molecule has 4 rings (SSSR count). The van der Waals surface area contributed by atoms with Crippen LogP contribution in [0.1, 0.15) is 22.3 Å². The number of amides is 3. The van der Waals surface area contributed by atoms with E-state index in [1.807, 2.05) is 85.8 Å². The number of urea groups is 1. The number of hydrogen-bond donors (Lipinski definition) is 1. The summed E-state index contributed by atoms with van der Waals surface area (Å²) in [6, 6.07) is 24.7. The van der Waals surface area contributed by atoms with Gasteiger partial charge >= 0.3 is 6.03 Å². The van der Waals surface area contributed by atoms with Crippen molar-refractivity contribution in [1.82, 2.24) is 10.2 Å². The quantitative estimate of drug-likeness (QED) is 0.485. The van der Waals surface area contributed by atoms with E-state index < -0.39 is 6.03 Å². The van der Waals surface area contributed by atoms with Crippen LogP contribution in [0.4, 0.5) is 4.79 Å². The van der Waals surface area contributed by atoms with Crippen LogP contribution in [0.5, 0.6) is 5.75 Å². The molecule has 3 aromatic rings. The number of ether oxygens (including phenoxy) is 1. The van der Waals surface area contributed by atoms with Gasteiger partial charge in [-0.05, 0) is 41.8 Å². The van der Waals surface area contributed by atoms with Crippen LogP contribution in [0.2, 0.25) is 0 Å². The van der Waals surface area contributed by atoms with Crippen LogP contribution < -0.4 is 10.1 Å². The number of nitrogens with zero attached hydrogens (tertiary/aromatic N) is 1. The molecule has 1 aliphatic heterocycles. The highest BCUT2D eigenvalue weighted by Crippen LogP contribution is 2.19. The Labute approximate surface area is 175 Å². The van der Waals surface area contributed by atoms with E-state index in [-0.39, 0.29) is 18.1 Å². The summed E-state index contributed by atoms with van der Waals surface area (Å²) in [7, 11) is 0. The Bertz CT molecular complexity index is 1070. The smallest absolute Gasteiger partial charge is 0.329 e. The Morgan fingerprint density at radius 1 is 0.867 bits per heavy atom. The second-order valence-corrected chi connectivity index (χ2v) is 7.21. The van der Waals surface area contributed by atoms with E-state index in [0.29, 0.717) is 6.61 Å². The van der Waals surface area contributed by atoms with E-state index in [2.05, 4.69) is 5.32 Å². The number of benzene rings is 3. The van der Waals surface area contributed by atoms with Crippen LogP contribution in [0, 0.1) is 6.92 Å². The van der Waals surface area contributed by atoms with Gasteiger partial charge in [0.15, 0.2) is 0 Å². The lowest BCUT2D eigenvalue weighted by Gasteiger charge is -2.11. The first kappa shape index (κ1) is 19.5. The molecule has 0 atom stereocenters. The largest absolute Gasteiger partial charge is 0.489 e. The molecule has 3 amide bonds. The molecule has 0 unspecified atom stereocenters. The van der Waals surface area contributed by atoms with Crippen molar-refractivity contribution in [3.05, 3.63) is 107 Å². The molecule has 0 saturated carbocycles. The maximum Gasteiger partial charge on any atom is 0.329 e. The lowest BCUT2D eigenvalue weighted by Crippen LogP contribution is -2.30. The maximum absolute atomic E-state index is 12.7. The fourth-order valence-corrected chi connectivity index (χ4v) is 3.16. The molecule has 0 aromatic heterocycles. The lowest BCUT2D eigenvalue weighted by atomic mass is 10.1. The molecule has 150 valence electrons. The predicted octanol–water partition coefficient (Wildman–Crippen LogP) is 4.67. The Morgan fingerprint density at radius 2 is 1.57 bits per heavy atom. The summed E-state index contributed by atoms with van der Waals surface area (Å²) in [5.74, 6) is 0.411. The monoisotopic (exact) mass is 398 g/mol. The molecule has 1 aliphatic rings. The molecule has 0 aliphatic carbocycles. The van der Waals surface area contributed by atoms with Crippen molar-refractivity contribution >= 4 is 18.0 Å². The van der Waals surface area contributed by atoms with Crippen molar-refractivity contribution < 1.29 is 14.3 Å². The third-order valence-electron chi connectivity index (χ3n) is 4.86. The average Bonchev–Trinajstić information content (AvgIpc) is 3.03. The van der Waals surface area contributed by atoms with Crippen molar-refractivity contribution in [2.24, 2.45) is 0 Å². The molecule has 5 heteroatoms. The molecule has 0 spiro atoms. The van der Waals surface area contributed by atoms with Gasteiger partial charge in [0.05, 0.1) is 6.54 Å². The zero-order valence-electron chi connectivity index (χ0n) is 16.7. The van der Waals surface area contributed by atoms with Crippen LogP contribution >= 0.6 is 0 Å². The highest BCUT2D eigenvalue weighted by atomic mass is 16.5. The van der Waals surface area contributed by atoms with Crippen molar-refractivity contribution in [3.8, 4) is 5.75 Å². The number of aryl methyl sites for hydroxylation is 1. The maximum atomic E-state index is 12.7. The molecule has 1 heterocycles. The van der Waals surface area contributed by atoms with Crippen LogP contribution in [-0.2, 0) is 17.9 Å². The SMILES string of the molecule is Cc1ccc(CN2C(=O)N/C(=C/c3ccc(OCc4ccccc4)cc3)C2=O)cc1. The Balaban J connectivity index is 1.41. The number of imide groups is 1. The lowest BCUT2D eigenvalue weighted by molar-refractivity contribution is -0.123. The van der Waals surface area contributed by atoms with Crippen molar-refractivity contribution in [1.29, 1.82) is 0 Å². The number of carbonyl (C=O) groups excluding carboxylic acids is 2. The van der Waals surface area contributed by atoms with Gasteiger partial charge < -0.3 is 10.1 Å². The molecule has 1 N–H and O–H groups in total. The first-order valence-electron chi connectivity index (χ1n) is 9.75. The summed E-state index contributed by atoms with van der Waals surface area (Å²) < 4.78 is 5.78. The molecule has 30 heavy (non-hydrogen) atoms. The summed E-state index contributed by atoms with van der Waals surface area (Å²) in [6.07, 6.45) is 1.68. The van der Waals surface area contributed by atoms with Crippen LogP contribution in [0.15, 0.2) is 84.6 Å². The zero-order chi connectivity index (χ0) is 20.9. The minimum atomic E-state index is -0.408.